The van der Waals surface area contributed by atoms with Crippen LogP contribution in [0.3, 0.4) is 0 Å². The highest BCUT2D eigenvalue weighted by atomic mass is 127. The van der Waals surface area contributed by atoms with Crippen LogP contribution in [0, 0.1) is 9.49 Å². The summed E-state index contributed by atoms with van der Waals surface area (Å²) in [6.07, 6.45) is 1.62. The minimum atomic E-state index is 0.113. The fourth-order valence-electron chi connectivity index (χ4n) is 2.82. The Bertz CT molecular complexity index is 746. The van der Waals surface area contributed by atoms with Gasteiger partial charge in [0.15, 0.2) is 0 Å². The van der Waals surface area contributed by atoms with Crippen molar-refractivity contribution in [2.24, 2.45) is 13.0 Å². The molecule has 0 aliphatic heterocycles. The Labute approximate surface area is 142 Å². The van der Waals surface area contributed by atoms with Gasteiger partial charge in [0.25, 0.3) is 0 Å². The van der Waals surface area contributed by atoms with Gasteiger partial charge in [0.05, 0.1) is 16.4 Å². The van der Waals surface area contributed by atoms with E-state index in [9.17, 15) is 4.79 Å². The van der Waals surface area contributed by atoms with Gasteiger partial charge in [-0.25, -0.2) is 0 Å². The monoisotopic (exact) mass is 412 g/mol. The van der Waals surface area contributed by atoms with Gasteiger partial charge in [0, 0.05) is 27.3 Å². The third-order valence-electron chi connectivity index (χ3n) is 3.87. The average molecular weight is 413 g/mol. The second-order valence-corrected chi connectivity index (χ2v) is 6.92. The standard InChI is InChI=1S/C16H14ClIN2O/c1-9-7-13-14(15(17)12(9)8-21)16(20(2)19-13)10-3-5-11(18)6-4-10/h3-6,8-9H,7H2,1-2H3. The van der Waals surface area contributed by atoms with E-state index in [1.807, 2.05) is 18.7 Å². The predicted octanol–water partition coefficient (Wildman–Crippen LogP) is 4.03. The topological polar surface area (TPSA) is 34.9 Å². The summed E-state index contributed by atoms with van der Waals surface area (Å²) in [5, 5.41) is 5.14. The third kappa shape index (κ3) is 2.44. The SMILES string of the molecule is CC1Cc2nn(C)c(-c3ccc(I)cc3)c2C(Cl)=C1C=O. The van der Waals surface area contributed by atoms with Crippen molar-refractivity contribution in [3.05, 3.63) is 44.7 Å². The molecule has 0 bridgehead atoms. The van der Waals surface area contributed by atoms with Crippen molar-refractivity contribution in [1.29, 1.82) is 0 Å². The quantitative estimate of drug-likeness (QED) is 0.551. The summed E-state index contributed by atoms with van der Waals surface area (Å²) in [4.78, 5) is 11.3. The normalized spacial score (nSPS) is 17.8. The van der Waals surface area contributed by atoms with Crippen molar-refractivity contribution in [2.45, 2.75) is 13.3 Å². The predicted molar refractivity (Wildman–Crippen MR) is 93.1 cm³/mol. The number of carbonyl (C=O) groups excluding carboxylic acids is 1. The molecule has 1 aromatic heterocycles. The van der Waals surface area contributed by atoms with Crippen molar-refractivity contribution in [2.75, 3.05) is 0 Å². The van der Waals surface area contributed by atoms with Crippen LogP contribution in [0.4, 0.5) is 0 Å². The minimum Gasteiger partial charge on any atom is -0.298 e. The van der Waals surface area contributed by atoms with Gasteiger partial charge in [-0.1, -0.05) is 30.7 Å². The molecule has 2 aromatic rings. The number of aryl methyl sites for hydroxylation is 1. The smallest absolute Gasteiger partial charge is 0.147 e. The molecule has 0 radical (unpaired) electrons. The first-order valence-corrected chi connectivity index (χ1v) is 8.15. The van der Waals surface area contributed by atoms with Gasteiger partial charge < -0.3 is 0 Å². The van der Waals surface area contributed by atoms with Gasteiger partial charge >= 0.3 is 0 Å². The maximum atomic E-state index is 11.3. The second-order valence-electron chi connectivity index (χ2n) is 5.29. The van der Waals surface area contributed by atoms with Gasteiger partial charge in [-0.15, -0.1) is 0 Å². The highest BCUT2D eigenvalue weighted by Crippen LogP contribution is 2.41. The zero-order valence-corrected chi connectivity index (χ0v) is 14.6. The fourth-order valence-corrected chi connectivity index (χ4v) is 3.61. The van der Waals surface area contributed by atoms with Crippen LogP contribution in [0.25, 0.3) is 16.3 Å². The van der Waals surface area contributed by atoms with E-state index in [1.165, 1.54) is 3.57 Å². The van der Waals surface area contributed by atoms with Crippen LogP contribution in [0.5, 0.6) is 0 Å². The number of allylic oxidation sites excluding steroid dienone is 1. The van der Waals surface area contributed by atoms with Crippen LogP contribution < -0.4 is 0 Å². The van der Waals surface area contributed by atoms with Crippen molar-refractivity contribution >= 4 is 45.5 Å². The number of carbonyl (C=O) groups is 1. The Kier molecular flexibility index (Phi) is 3.92. The number of halogens is 2. The Balaban J connectivity index is 2.25. The first-order chi connectivity index (χ1) is 10.0. The van der Waals surface area contributed by atoms with E-state index in [1.54, 1.807) is 0 Å². The molecule has 1 unspecified atom stereocenters. The lowest BCUT2D eigenvalue weighted by atomic mass is 9.87. The van der Waals surface area contributed by atoms with Gasteiger partial charge in [0.2, 0.25) is 0 Å². The lowest BCUT2D eigenvalue weighted by molar-refractivity contribution is -0.105. The molecule has 0 N–H and O–H groups in total. The molecule has 21 heavy (non-hydrogen) atoms. The number of nitrogens with zero attached hydrogens (tertiary/aromatic N) is 2. The molecule has 5 heteroatoms. The molecule has 1 heterocycles. The number of fused-ring (bicyclic) bond motifs is 1. The molecule has 0 spiro atoms. The van der Waals surface area contributed by atoms with Crippen molar-refractivity contribution in [3.8, 4) is 11.3 Å². The summed E-state index contributed by atoms with van der Waals surface area (Å²) < 4.78 is 3.03. The highest BCUT2D eigenvalue weighted by Gasteiger charge is 2.29. The van der Waals surface area contributed by atoms with Gasteiger partial charge in [0.1, 0.15) is 6.29 Å². The van der Waals surface area contributed by atoms with Gasteiger partial charge in [-0.2, -0.15) is 5.10 Å². The molecule has 1 aliphatic rings. The van der Waals surface area contributed by atoms with E-state index < -0.39 is 0 Å². The summed E-state index contributed by atoms with van der Waals surface area (Å²) in [7, 11) is 1.92. The summed E-state index contributed by atoms with van der Waals surface area (Å²) in [5.41, 5.74) is 4.57. The van der Waals surface area contributed by atoms with E-state index >= 15 is 0 Å². The Morgan fingerprint density at radius 3 is 2.67 bits per heavy atom. The number of hydrogen-bond donors (Lipinski definition) is 0. The zero-order valence-electron chi connectivity index (χ0n) is 11.7. The van der Waals surface area contributed by atoms with Crippen molar-refractivity contribution < 1.29 is 4.79 Å². The molecule has 108 valence electrons. The Morgan fingerprint density at radius 1 is 1.38 bits per heavy atom. The molecule has 0 saturated carbocycles. The maximum absolute atomic E-state index is 11.3. The number of aromatic nitrogens is 2. The molecule has 1 aliphatic carbocycles. The van der Waals surface area contributed by atoms with Crippen LogP contribution >= 0.6 is 34.2 Å². The fraction of sp³-hybridized carbons (Fsp3) is 0.250. The average Bonchev–Trinajstić information content (AvgIpc) is 2.76. The van der Waals surface area contributed by atoms with Crippen molar-refractivity contribution in [1.82, 2.24) is 9.78 Å². The minimum absolute atomic E-state index is 0.113. The van der Waals surface area contributed by atoms with Crippen LogP contribution in [0.1, 0.15) is 18.2 Å². The van der Waals surface area contributed by atoms with Crippen LogP contribution in [-0.4, -0.2) is 16.1 Å². The molecular weight excluding hydrogens is 399 g/mol. The number of aldehydes is 1. The first-order valence-electron chi connectivity index (χ1n) is 6.70. The third-order valence-corrected chi connectivity index (χ3v) is 4.99. The molecule has 3 nitrogen and oxygen atoms in total. The molecule has 3 rings (SSSR count). The molecule has 0 fully saturated rings. The molecular formula is C16H14ClIN2O. The highest BCUT2D eigenvalue weighted by molar-refractivity contribution is 14.1. The van der Waals surface area contributed by atoms with Crippen LogP contribution in [0.2, 0.25) is 0 Å². The van der Waals surface area contributed by atoms with E-state index in [0.717, 1.165) is 35.2 Å². The van der Waals surface area contributed by atoms with E-state index in [0.29, 0.717) is 10.6 Å². The summed E-state index contributed by atoms with van der Waals surface area (Å²) in [5.74, 6) is 0.113. The van der Waals surface area contributed by atoms with E-state index in [4.69, 9.17) is 11.6 Å². The molecule has 1 aromatic carbocycles. The van der Waals surface area contributed by atoms with E-state index in [2.05, 4.69) is 52.0 Å². The number of rotatable bonds is 2. The van der Waals surface area contributed by atoms with Crippen LogP contribution in [0.15, 0.2) is 29.8 Å². The van der Waals surface area contributed by atoms with Gasteiger partial charge in [-0.05, 0) is 47.1 Å². The van der Waals surface area contributed by atoms with E-state index in [-0.39, 0.29) is 5.92 Å². The number of hydrogen-bond acceptors (Lipinski definition) is 2. The lowest BCUT2D eigenvalue weighted by Crippen LogP contribution is -2.13. The largest absolute Gasteiger partial charge is 0.298 e. The maximum Gasteiger partial charge on any atom is 0.147 e. The summed E-state index contributed by atoms with van der Waals surface area (Å²) in [6, 6.07) is 8.22. The summed E-state index contributed by atoms with van der Waals surface area (Å²) in [6.45, 7) is 2.01. The van der Waals surface area contributed by atoms with Gasteiger partial charge in [-0.3, -0.25) is 9.48 Å². The Hall–Kier alpha value is -1.14. The first kappa shape index (κ1) is 14.8. The van der Waals surface area contributed by atoms with Crippen molar-refractivity contribution in [3.63, 3.8) is 0 Å². The molecule has 0 amide bonds. The lowest BCUT2D eigenvalue weighted by Gasteiger charge is -2.19. The summed E-state index contributed by atoms with van der Waals surface area (Å²) >= 11 is 8.78. The zero-order chi connectivity index (χ0) is 15.1. The molecule has 0 saturated heterocycles. The Morgan fingerprint density at radius 2 is 2.05 bits per heavy atom. The van der Waals surface area contributed by atoms with Crippen LogP contribution in [-0.2, 0) is 18.3 Å². The second kappa shape index (κ2) is 5.57. The molecule has 1 atom stereocenters. The number of benzene rings is 1.